The summed E-state index contributed by atoms with van der Waals surface area (Å²) in [6.45, 7) is 6.95. The number of hydrogen-bond donors (Lipinski definition) is 0. The van der Waals surface area contributed by atoms with E-state index in [4.69, 9.17) is 4.74 Å². The molecule has 0 aromatic heterocycles. The van der Waals surface area contributed by atoms with Gasteiger partial charge in [0.1, 0.15) is 12.3 Å². The first-order valence-corrected chi connectivity index (χ1v) is 9.16. The summed E-state index contributed by atoms with van der Waals surface area (Å²) in [6, 6.07) is 6.74. The number of carbonyl (C=O) groups is 1. The third-order valence-corrected chi connectivity index (χ3v) is 4.35. The minimum Gasteiger partial charge on any atom is -0.494 e. The van der Waals surface area contributed by atoms with Gasteiger partial charge < -0.3 is 9.64 Å². The molecular weight excluding hydrogens is 304 g/mol. The van der Waals surface area contributed by atoms with Gasteiger partial charge in [0.05, 0.1) is 18.6 Å². The molecule has 0 bridgehead atoms. The Kier molecular flexibility index (Phi) is 6.67. The van der Waals surface area contributed by atoms with E-state index in [2.05, 4.69) is 0 Å². The van der Waals surface area contributed by atoms with Crippen molar-refractivity contribution < 1.29 is 17.9 Å². The number of nitrogens with zero attached hydrogens (tertiary/aromatic N) is 2. The Labute approximate surface area is 132 Å². The van der Waals surface area contributed by atoms with Crippen LogP contribution < -0.4 is 9.04 Å². The van der Waals surface area contributed by atoms with Gasteiger partial charge in [-0.2, -0.15) is 0 Å². The molecule has 1 rings (SSSR count). The van der Waals surface area contributed by atoms with Crippen molar-refractivity contribution >= 4 is 21.6 Å². The maximum atomic E-state index is 12.2. The molecule has 0 radical (unpaired) electrons. The number of anilines is 1. The summed E-state index contributed by atoms with van der Waals surface area (Å²) >= 11 is 0. The van der Waals surface area contributed by atoms with Gasteiger partial charge in [0, 0.05) is 19.2 Å². The van der Waals surface area contributed by atoms with Crippen LogP contribution in [0.5, 0.6) is 5.75 Å². The lowest BCUT2D eigenvalue weighted by atomic mass is 10.3. The molecule has 22 heavy (non-hydrogen) atoms. The van der Waals surface area contributed by atoms with Crippen LogP contribution in [0.1, 0.15) is 20.8 Å². The zero-order valence-corrected chi connectivity index (χ0v) is 14.4. The first-order valence-electron chi connectivity index (χ1n) is 7.31. The third kappa shape index (κ3) is 4.91. The van der Waals surface area contributed by atoms with E-state index in [1.807, 2.05) is 20.8 Å². The molecule has 0 fully saturated rings. The average Bonchev–Trinajstić information content (AvgIpc) is 2.45. The molecule has 0 aliphatic carbocycles. The van der Waals surface area contributed by atoms with Crippen molar-refractivity contribution in [3.05, 3.63) is 24.3 Å². The molecule has 6 nitrogen and oxygen atoms in total. The number of ether oxygens (including phenoxy) is 1. The number of hydrogen-bond acceptors (Lipinski definition) is 4. The standard InChI is InChI=1S/C15H24N2O4S/c1-5-16(6-2)15(18)12-17(22(4,19)20)13-9-8-10-14(11-13)21-7-3/h8-11H,5-7,12H2,1-4H3. The molecule has 0 saturated heterocycles. The fraction of sp³-hybridized carbons (Fsp3) is 0.533. The normalized spacial score (nSPS) is 11.1. The van der Waals surface area contributed by atoms with Gasteiger partial charge in [-0.05, 0) is 32.9 Å². The van der Waals surface area contributed by atoms with E-state index in [0.29, 0.717) is 31.1 Å². The number of sulfonamides is 1. The molecule has 0 unspecified atom stereocenters. The van der Waals surface area contributed by atoms with Crippen LogP contribution in [-0.4, -0.2) is 51.7 Å². The maximum Gasteiger partial charge on any atom is 0.243 e. The molecule has 0 saturated carbocycles. The number of likely N-dealkylation sites (N-methyl/N-ethyl adjacent to an activating group) is 1. The minimum atomic E-state index is -3.56. The summed E-state index contributed by atoms with van der Waals surface area (Å²) in [6.07, 6.45) is 1.09. The van der Waals surface area contributed by atoms with Crippen molar-refractivity contribution in [2.24, 2.45) is 0 Å². The van der Waals surface area contributed by atoms with E-state index in [1.54, 1.807) is 29.2 Å². The van der Waals surface area contributed by atoms with Crippen LogP contribution in [0.4, 0.5) is 5.69 Å². The van der Waals surface area contributed by atoms with Crippen molar-refractivity contribution in [1.82, 2.24) is 4.90 Å². The highest BCUT2D eigenvalue weighted by Crippen LogP contribution is 2.23. The zero-order chi connectivity index (χ0) is 16.8. The first kappa shape index (κ1) is 18.3. The minimum absolute atomic E-state index is 0.212. The Morgan fingerprint density at radius 2 is 1.82 bits per heavy atom. The van der Waals surface area contributed by atoms with Crippen molar-refractivity contribution in [2.45, 2.75) is 20.8 Å². The second-order valence-electron chi connectivity index (χ2n) is 4.77. The second kappa shape index (κ2) is 8.03. The number of rotatable bonds is 8. The van der Waals surface area contributed by atoms with Gasteiger partial charge in [-0.1, -0.05) is 6.07 Å². The monoisotopic (exact) mass is 328 g/mol. The summed E-state index contributed by atoms with van der Waals surface area (Å²) in [5, 5.41) is 0. The highest BCUT2D eigenvalue weighted by Gasteiger charge is 2.23. The third-order valence-electron chi connectivity index (χ3n) is 3.21. The largest absolute Gasteiger partial charge is 0.494 e. The lowest BCUT2D eigenvalue weighted by molar-refractivity contribution is -0.129. The van der Waals surface area contributed by atoms with Crippen LogP contribution in [0.15, 0.2) is 24.3 Å². The molecule has 1 aromatic rings. The van der Waals surface area contributed by atoms with Gasteiger partial charge in [-0.3, -0.25) is 9.10 Å². The van der Waals surface area contributed by atoms with E-state index < -0.39 is 10.0 Å². The smallest absolute Gasteiger partial charge is 0.243 e. The molecule has 0 spiro atoms. The summed E-state index contributed by atoms with van der Waals surface area (Å²) < 4.78 is 30.6. The van der Waals surface area contributed by atoms with Crippen LogP contribution in [-0.2, 0) is 14.8 Å². The maximum absolute atomic E-state index is 12.2. The van der Waals surface area contributed by atoms with Gasteiger partial charge in [-0.15, -0.1) is 0 Å². The predicted octanol–water partition coefficient (Wildman–Crippen LogP) is 1.72. The topological polar surface area (TPSA) is 66.9 Å². The van der Waals surface area contributed by atoms with Crippen LogP contribution in [0.25, 0.3) is 0 Å². The molecule has 0 atom stereocenters. The Balaban J connectivity index is 3.09. The van der Waals surface area contributed by atoms with Crippen molar-refractivity contribution in [3.63, 3.8) is 0 Å². The van der Waals surface area contributed by atoms with Crippen molar-refractivity contribution in [2.75, 3.05) is 36.8 Å². The Hall–Kier alpha value is -1.76. The van der Waals surface area contributed by atoms with Gasteiger partial charge in [0.25, 0.3) is 0 Å². The average molecular weight is 328 g/mol. The van der Waals surface area contributed by atoms with Gasteiger partial charge >= 0.3 is 0 Å². The molecule has 124 valence electrons. The first-order chi connectivity index (χ1) is 10.3. The number of benzene rings is 1. The molecule has 0 aliphatic rings. The van der Waals surface area contributed by atoms with E-state index in [1.165, 1.54) is 0 Å². The lowest BCUT2D eigenvalue weighted by Crippen LogP contribution is -2.42. The second-order valence-corrected chi connectivity index (χ2v) is 6.67. The fourth-order valence-corrected chi connectivity index (χ4v) is 2.94. The van der Waals surface area contributed by atoms with E-state index in [-0.39, 0.29) is 12.5 Å². The molecule has 0 aliphatic heterocycles. The molecule has 1 amide bonds. The van der Waals surface area contributed by atoms with Crippen LogP contribution >= 0.6 is 0 Å². The molecule has 0 heterocycles. The molecule has 7 heteroatoms. The van der Waals surface area contributed by atoms with Gasteiger partial charge in [-0.25, -0.2) is 8.42 Å². The molecule has 1 aromatic carbocycles. The zero-order valence-electron chi connectivity index (χ0n) is 13.6. The quantitative estimate of drug-likeness (QED) is 0.729. The van der Waals surface area contributed by atoms with Crippen molar-refractivity contribution in [1.29, 1.82) is 0 Å². The summed E-state index contributed by atoms with van der Waals surface area (Å²) in [7, 11) is -3.56. The summed E-state index contributed by atoms with van der Waals surface area (Å²) in [5.74, 6) is 0.348. The molecule has 0 N–H and O–H groups in total. The van der Waals surface area contributed by atoms with E-state index in [0.717, 1.165) is 10.6 Å². The Morgan fingerprint density at radius 3 is 2.32 bits per heavy atom. The Morgan fingerprint density at radius 1 is 1.18 bits per heavy atom. The van der Waals surface area contributed by atoms with Crippen molar-refractivity contribution in [3.8, 4) is 5.75 Å². The fourth-order valence-electron chi connectivity index (χ4n) is 2.09. The summed E-state index contributed by atoms with van der Waals surface area (Å²) in [4.78, 5) is 13.8. The van der Waals surface area contributed by atoms with Crippen LogP contribution in [0.3, 0.4) is 0 Å². The van der Waals surface area contributed by atoms with Crippen LogP contribution in [0, 0.1) is 0 Å². The van der Waals surface area contributed by atoms with Gasteiger partial charge in [0.2, 0.25) is 15.9 Å². The van der Waals surface area contributed by atoms with E-state index >= 15 is 0 Å². The highest BCUT2D eigenvalue weighted by atomic mass is 32.2. The number of amides is 1. The Bertz CT molecular complexity index is 597. The lowest BCUT2D eigenvalue weighted by Gasteiger charge is -2.26. The predicted molar refractivity (Wildman–Crippen MR) is 87.7 cm³/mol. The van der Waals surface area contributed by atoms with Crippen LogP contribution in [0.2, 0.25) is 0 Å². The number of carbonyl (C=O) groups excluding carboxylic acids is 1. The highest BCUT2D eigenvalue weighted by molar-refractivity contribution is 7.92. The summed E-state index contributed by atoms with van der Waals surface area (Å²) in [5.41, 5.74) is 0.425. The van der Waals surface area contributed by atoms with Gasteiger partial charge in [0.15, 0.2) is 0 Å². The molecular formula is C15H24N2O4S. The SMILES string of the molecule is CCOc1cccc(N(CC(=O)N(CC)CC)S(C)(=O)=O)c1. The van der Waals surface area contributed by atoms with E-state index in [9.17, 15) is 13.2 Å².